The molecule has 126 valence electrons. The summed E-state index contributed by atoms with van der Waals surface area (Å²) in [5.74, 6) is -1.93. The first-order valence-electron chi connectivity index (χ1n) is 7.45. The predicted octanol–water partition coefficient (Wildman–Crippen LogP) is 1.10. The smallest absolute Gasteiger partial charge is 0.336 e. The second-order valence-electron chi connectivity index (χ2n) is 6.40. The molecular weight excluding hydrogens is 296 g/mol. The molecule has 0 aliphatic carbocycles. The standard InChI is InChI=1S/C17H24N2O4/c1-11-7-5-6-8-12(11)9-13(15(21)23-14(20)10-18)19-16(22)17(2,3)4/h5-8,13H,9-10,18H2,1-4H3,(H,19,22). The van der Waals surface area contributed by atoms with Crippen molar-refractivity contribution in [3.63, 3.8) is 0 Å². The number of nitrogens with one attached hydrogen (secondary N) is 1. The second-order valence-corrected chi connectivity index (χ2v) is 6.40. The minimum absolute atomic E-state index is 0.241. The number of aryl methyl sites for hydroxylation is 1. The van der Waals surface area contributed by atoms with Gasteiger partial charge in [0.25, 0.3) is 0 Å². The van der Waals surface area contributed by atoms with Crippen molar-refractivity contribution < 1.29 is 19.1 Å². The Bertz CT molecular complexity index is 591. The summed E-state index contributed by atoms with van der Waals surface area (Å²) < 4.78 is 4.67. The Kier molecular flexibility index (Phi) is 6.45. The SMILES string of the molecule is Cc1ccccc1CC(NC(=O)C(C)(C)C)C(=O)OC(=O)CN. The fourth-order valence-corrected chi connectivity index (χ4v) is 1.85. The number of hydrogen-bond acceptors (Lipinski definition) is 5. The molecule has 0 saturated heterocycles. The van der Waals surface area contributed by atoms with Gasteiger partial charge in [-0.2, -0.15) is 0 Å². The van der Waals surface area contributed by atoms with E-state index < -0.39 is 29.9 Å². The van der Waals surface area contributed by atoms with Crippen molar-refractivity contribution in [2.45, 2.75) is 40.2 Å². The molecule has 0 radical (unpaired) electrons. The summed E-state index contributed by atoms with van der Waals surface area (Å²) in [5, 5.41) is 2.66. The van der Waals surface area contributed by atoms with Gasteiger partial charge < -0.3 is 15.8 Å². The van der Waals surface area contributed by atoms with Crippen LogP contribution < -0.4 is 11.1 Å². The third-order valence-corrected chi connectivity index (χ3v) is 3.34. The molecule has 0 aliphatic rings. The number of ether oxygens (including phenoxy) is 1. The van der Waals surface area contributed by atoms with Gasteiger partial charge in [0.1, 0.15) is 6.04 Å². The Morgan fingerprint density at radius 1 is 1.22 bits per heavy atom. The number of rotatable bonds is 5. The lowest BCUT2D eigenvalue weighted by Gasteiger charge is -2.23. The molecular formula is C17H24N2O4. The maximum Gasteiger partial charge on any atom is 0.336 e. The summed E-state index contributed by atoms with van der Waals surface area (Å²) in [6.45, 7) is 6.74. The first-order chi connectivity index (χ1) is 10.6. The van der Waals surface area contributed by atoms with Gasteiger partial charge in [-0.1, -0.05) is 45.0 Å². The monoisotopic (exact) mass is 320 g/mol. The van der Waals surface area contributed by atoms with E-state index in [-0.39, 0.29) is 12.3 Å². The summed E-state index contributed by atoms with van der Waals surface area (Å²) in [6, 6.07) is 6.57. The van der Waals surface area contributed by atoms with Crippen LogP contribution in [0.1, 0.15) is 31.9 Å². The molecule has 0 fully saturated rings. The summed E-state index contributed by atoms with van der Waals surface area (Å²) in [6.07, 6.45) is 0.241. The lowest BCUT2D eigenvalue weighted by Crippen LogP contribution is -2.48. The van der Waals surface area contributed by atoms with Crippen LogP contribution in [0, 0.1) is 12.3 Å². The van der Waals surface area contributed by atoms with Crippen LogP contribution in [-0.4, -0.2) is 30.4 Å². The molecule has 0 bridgehead atoms. The van der Waals surface area contributed by atoms with Crippen LogP contribution >= 0.6 is 0 Å². The van der Waals surface area contributed by atoms with Gasteiger partial charge in [-0.25, -0.2) is 4.79 Å². The minimum Gasteiger partial charge on any atom is -0.391 e. The Morgan fingerprint density at radius 3 is 2.35 bits per heavy atom. The third kappa shape index (κ3) is 5.83. The minimum atomic E-state index is -0.946. The lowest BCUT2D eigenvalue weighted by atomic mass is 9.94. The average Bonchev–Trinajstić information content (AvgIpc) is 2.47. The van der Waals surface area contributed by atoms with E-state index >= 15 is 0 Å². The third-order valence-electron chi connectivity index (χ3n) is 3.34. The van der Waals surface area contributed by atoms with E-state index in [1.165, 1.54) is 0 Å². The highest BCUT2D eigenvalue weighted by molar-refractivity contribution is 5.92. The molecule has 1 rings (SSSR count). The molecule has 0 heterocycles. The van der Waals surface area contributed by atoms with Gasteiger partial charge in [0, 0.05) is 11.8 Å². The van der Waals surface area contributed by atoms with Crippen LogP contribution in [0.4, 0.5) is 0 Å². The molecule has 6 nitrogen and oxygen atoms in total. The maximum absolute atomic E-state index is 12.2. The summed E-state index contributed by atoms with van der Waals surface area (Å²) in [7, 11) is 0. The zero-order chi connectivity index (χ0) is 17.6. The lowest BCUT2D eigenvalue weighted by molar-refractivity contribution is -0.161. The quantitative estimate of drug-likeness (QED) is 0.625. The van der Waals surface area contributed by atoms with Crippen LogP contribution in [0.2, 0.25) is 0 Å². The number of hydrogen-bond donors (Lipinski definition) is 2. The number of nitrogens with two attached hydrogens (primary N) is 1. The van der Waals surface area contributed by atoms with Crippen molar-refractivity contribution in [1.29, 1.82) is 0 Å². The number of carbonyl (C=O) groups excluding carboxylic acids is 3. The molecule has 1 amide bonds. The maximum atomic E-state index is 12.2. The van der Waals surface area contributed by atoms with Crippen molar-refractivity contribution in [2.75, 3.05) is 6.54 Å². The predicted molar refractivity (Wildman–Crippen MR) is 86.4 cm³/mol. The van der Waals surface area contributed by atoms with Crippen LogP contribution in [0.25, 0.3) is 0 Å². The molecule has 1 unspecified atom stereocenters. The molecule has 1 aromatic carbocycles. The van der Waals surface area contributed by atoms with E-state index in [0.717, 1.165) is 11.1 Å². The van der Waals surface area contributed by atoms with Gasteiger partial charge in [-0.05, 0) is 18.1 Å². The number of benzene rings is 1. The second kappa shape index (κ2) is 7.87. The van der Waals surface area contributed by atoms with E-state index in [4.69, 9.17) is 5.73 Å². The van der Waals surface area contributed by atoms with Crippen LogP contribution in [0.3, 0.4) is 0 Å². The van der Waals surface area contributed by atoms with Crippen molar-refractivity contribution >= 4 is 17.8 Å². The summed E-state index contributed by atoms with van der Waals surface area (Å²) in [5.41, 5.74) is 6.37. The average molecular weight is 320 g/mol. The van der Waals surface area contributed by atoms with E-state index in [2.05, 4.69) is 10.1 Å². The van der Waals surface area contributed by atoms with Gasteiger partial charge in [-0.15, -0.1) is 0 Å². The Balaban J connectivity index is 2.96. The van der Waals surface area contributed by atoms with Gasteiger partial charge in [0.2, 0.25) is 5.91 Å². The van der Waals surface area contributed by atoms with E-state index in [1.54, 1.807) is 20.8 Å². The van der Waals surface area contributed by atoms with E-state index in [0.29, 0.717) is 0 Å². The largest absolute Gasteiger partial charge is 0.391 e. The normalized spacial score (nSPS) is 12.4. The zero-order valence-corrected chi connectivity index (χ0v) is 14.0. The van der Waals surface area contributed by atoms with E-state index in [1.807, 2.05) is 31.2 Å². The molecule has 1 aromatic rings. The van der Waals surface area contributed by atoms with Crippen LogP contribution in [-0.2, 0) is 25.5 Å². The fourth-order valence-electron chi connectivity index (χ4n) is 1.85. The molecule has 0 saturated carbocycles. The molecule has 0 aliphatic heterocycles. The topological polar surface area (TPSA) is 98.5 Å². The highest BCUT2D eigenvalue weighted by Gasteiger charge is 2.29. The van der Waals surface area contributed by atoms with Crippen molar-refractivity contribution in [1.82, 2.24) is 5.32 Å². The zero-order valence-electron chi connectivity index (χ0n) is 14.0. The fraction of sp³-hybridized carbons (Fsp3) is 0.471. The highest BCUT2D eigenvalue weighted by Crippen LogP contribution is 2.15. The Labute approximate surface area is 136 Å². The van der Waals surface area contributed by atoms with Crippen molar-refractivity contribution in [3.05, 3.63) is 35.4 Å². The van der Waals surface area contributed by atoms with Crippen LogP contribution in [0.5, 0.6) is 0 Å². The van der Waals surface area contributed by atoms with Crippen LogP contribution in [0.15, 0.2) is 24.3 Å². The van der Waals surface area contributed by atoms with Gasteiger partial charge in [0.15, 0.2) is 0 Å². The summed E-state index contributed by atoms with van der Waals surface area (Å²) in [4.78, 5) is 35.6. The van der Waals surface area contributed by atoms with Gasteiger partial charge in [-0.3, -0.25) is 9.59 Å². The molecule has 23 heavy (non-hydrogen) atoms. The number of carbonyl (C=O) groups is 3. The van der Waals surface area contributed by atoms with Crippen molar-refractivity contribution in [3.8, 4) is 0 Å². The number of amides is 1. The molecule has 6 heteroatoms. The molecule has 3 N–H and O–H groups in total. The van der Waals surface area contributed by atoms with Crippen molar-refractivity contribution in [2.24, 2.45) is 11.1 Å². The highest BCUT2D eigenvalue weighted by atomic mass is 16.6. The first kappa shape index (κ1) is 18.8. The number of esters is 2. The van der Waals surface area contributed by atoms with Gasteiger partial charge in [0.05, 0.1) is 6.54 Å². The molecule has 0 aromatic heterocycles. The summed E-state index contributed by atoms with van der Waals surface area (Å²) >= 11 is 0. The Hall–Kier alpha value is -2.21. The van der Waals surface area contributed by atoms with E-state index in [9.17, 15) is 14.4 Å². The molecule has 1 atom stereocenters. The van der Waals surface area contributed by atoms with Gasteiger partial charge >= 0.3 is 11.9 Å². The first-order valence-corrected chi connectivity index (χ1v) is 7.45. The Morgan fingerprint density at radius 2 is 1.83 bits per heavy atom. The molecule has 0 spiro atoms.